The molecule has 3 aromatic rings. The maximum atomic E-state index is 12.6. The number of para-hydroxylation sites is 1. The Morgan fingerprint density at radius 2 is 1.58 bits per heavy atom. The van der Waals surface area contributed by atoms with Gasteiger partial charge < -0.3 is 15.4 Å². The van der Waals surface area contributed by atoms with Crippen molar-refractivity contribution in [2.75, 3.05) is 23.5 Å². The number of benzene rings is 3. The molecule has 0 saturated carbocycles. The highest BCUT2D eigenvalue weighted by molar-refractivity contribution is 7.90. The molecule has 2 N–H and O–H groups in total. The fraction of sp³-hybridized carbons (Fsp3) is 0.200. The molecule has 0 aliphatic carbocycles. The zero-order valence-electron chi connectivity index (χ0n) is 18.5. The van der Waals surface area contributed by atoms with Gasteiger partial charge in [-0.25, -0.2) is 8.42 Å². The number of rotatable bonds is 9. The fourth-order valence-corrected chi connectivity index (χ4v) is 3.79. The number of hydrogen-bond acceptors (Lipinski definition) is 5. The Morgan fingerprint density at radius 1 is 0.879 bits per heavy atom. The van der Waals surface area contributed by atoms with Gasteiger partial charge >= 0.3 is 0 Å². The van der Waals surface area contributed by atoms with Crippen molar-refractivity contribution in [3.8, 4) is 5.75 Å². The van der Waals surface area contributed by atoms with Gasteiger partial charge in [-0.3, -0.25) is 9.59 Å². The van der Waals surface area contributed by atoms with E-state index in [1.807, 2.05) is 18.2 Å². The summed E-state index contributed by atoms with van der Waals surface area (Å²) in [6.07, 6.45) is 1.86. The minimum atomic E-state index is -3.25. The maximum absolute atomic E-state index is 12.6. The van der Waals surface area contributed by atoms with Crippen LogP contribution in [0.15, 0.2) is 77.7 Å². The minimum Gasteiger partial charge on any atom is -0.494 e. The molecule has 172 valence electrons. The van der Waals surface area contributed by atoms with Gasteiger partial charge in [0.1, 0.15) is 5.75 Å². The molecule has 0 radical (unpaired) electrons. The Kier molecular flexibility index (Phi) is 7.84. The van der Waals surface area contributed by atoms with Gasteiger partial charge in [-0.2, -0.15) is 0 Å². The van der Waals surface area contributed by atoms with Crippen molar-refractivity contribution in [1.82, 2.24) is 0 Å². The number of nitrogens with one attached hydrogen (secondary N) is 2. The average Bonchev–Trinajstić information content (AvgIpc) is 2.78. The molecular weight excluding hydrogens is 440 g/mol. The van der Waals surface area contributed by atoms with Crippen molar-refractivity contribution in [3.63, 3.8) is 0 Å². The molecule has 0 unspecified atom stereocenters. The van der Waals surface area contributed by atoms with Crippen LogP contribution in [0.1, 0.15) is 28.8 Å². The molecular formula is C25H26N2O5S. The van der Waals surface area contributed by atoms with E-state index >= 15 is 0 Å². The lowest BCUT2D eigenvalue weighted by Crippen LogP contribution is -2.17. The van der Waals surface area contributed by atoms with Gasteiger partial charge in [-0.05, 0) is 67.4 Å². The molecule has 0 spiro atoms. The number of sulfone groups is 1. The zero-order valence-corrected chi connectivity index (χ0v) is 19.3. The summed E-state index contributed by atoms with van der Waals surface area (Å²) in [5.41, 5.74) is 2.44. The molecule has 3 rings (SSSR count). The van der Waals surface area contributed by atoms with Gasteiger partial charge in [0, 0.05) is 29.6 Å². The lowest BCUT2D eigenvalue weighted by molar-refractivity contribution is -0.116. The first-order chi connectivity index (χ1) is 15.7. The predicted octanol–water partition coefficient (Wildman–Crippen LogP) is 4.45. The molecule has 0 aliphatic rings. The van der Waals surface area contributed by atoms with E-state index in [0.29, 0.717) is 41.3 Å². The molecule has 0 fully saturated rings. The second-order valence-corrected chi connectivity index (χ2v) is 9.56. The molecule has 0 bridgehead atoms. The summed E-state index contributed by atoms with van der Waals surface area (Å²) in [6, 6.07) is 20.5. The fourth-order valence-electron chi connectivity index (χ4n) is 3.16. The van der Waals surface area contributed by atoms with Crippen molar-refractivity contribution in [1.29, 1.82) is 0 Å². The summed E-state index contributed by atoms with van der Waals surface area (Å²) in [5.74, 6) is 0.107. The summed E-state index contributed by atoms with van der Waals surface area (Å²) in [7, 11) is -3.25. The molecule has 0 aromatic heterocycles. The van der Waals surface area contributed by atoms with Crippen LogP contribution in [0.4, 0.5) is 11.4 Å². The first-order valence-electron chi connectivity index (χ1n) is 10.4. The van der Waals surface area contributed by atoms with E-state index in [1.54, 1.807) is 49.4 Å². The zero-order chi connectivity index (χ0) is 23.8. The summed E-state index contributed by atoms with van der Waals surface area (Å²) >= 11 is 0. The highest BCUT2D eigenvalue weighted by atomic mass is 32.2. The van der Waals surface area contributed by atoms with Gasteiger partial charge in [0.2, 0.25) is 5.91 Å². The third-order valence-corrected chi connectivity index (χ3v) is 6.08. The van der Waals surface area contributed by atoms with Crippen molar-refractivity contribution in [2.24, 2.45) is 0 Å². The van der Waals surface area contributed by atoms with Gasteiger partial charge in [0.15, 0.2) is 9.84 Å². The standard InChI is InChI=1S/C25H26N2O5S/c1-18-22(25(29)26-19-8-4-3-5-9-19)10-6-11-23(18)27-24(28)12-7-17-32-20-13-15-21(16-14-20)33(2,30)31/h3-6,8-11,13-16H,7,12,17H2,1-2H3,(H,26,29)(H,27,28). The topological polar surface area (TPSA) is 102 Å². The van der Waals surface area contributed by atoms with E-state index in [-0.39, 0.29) is 23.1 Å². The third kappa shape index (κ3) is 6.92. The van der Waals surface area contributed by atoms with Crippen LogP contribution in [0.25, 0.3) is 0 Å². The number of carbonyl (C=O) groups excluding carboxylic acids is 2. The third-order valence-electron chi connectivity index (χ3n) is 4.95. The van der Waals surface area contributed by atoms with Crippen LogP contribution < -0.4 is 15.4 Å². The number of ether oxygens (including phenoxy) is 1. The Balaban J connectivity index is 1.50. The smallest absolute Gasteiger partial charge is 0.256 e. The number of carbonyl (C=O) groups is 2. The van der Waals surface area contributed by atoms with Crippen LogP contribution >= 0.6 is 0 Å². The van der Waals surface area contributed by atoms with Crippen molar-refractivity contribution in [3.05, 3.63) is 83.9 Å². The van der Waals surface area contributed by atoms with E-state index in [1.165, 1.54) is 12.1 Å². The van der Waals surface area contributed by atoms with Crippen LogP contribution in [0.3, 0.4) is 0 Å². The lowest BCUT2D eigenvalue weighted by Gasteiger charge is -2.13. The summed E-state index contributed by atoms with van der Waals surface area (Å²) in [4.78, 5) is 25.2. The number of amides is 2. The number of anilines is 2. The summed E-state index contributed by atoms with van der Waals surface area (Å²) in [5, 5.41) is 5.70. The van der Waals surface area contributed by atoms with E-state index < -0.39 is 9.84 Å². The quantitative estimate of drug-likeness (QED) is 0.454. The summed E-state index contributed by atoms with van der Waals surface area (Å²) < 4.78 is 28.6. The minimum absolute atomic E-state index is 0.185. The number of hydrogen-bond donors (Lipinski definition) is 2. The van der Waals surface area contributed by atoms with Crippen LogP contribution in [-0.2, 0) is 14.6 Å². The molecule has 0 aliphatic heterocycles. The molecule has 33 heavy (non-hydrogen) atoms. The van der Waals surface area contributed by atoms with E-state index in [0.717, 1.165) is 6.26 Å². The van der Waals surface area contributed by atoms with Crippen LogP contribution in [0, 0.1) is 6.92 Å². The van der Waals surface area contributed by atoms with Gasteiger partial charge in [0.25, 0.3) is 5.91 Å². The molecule has 7 nitrogen and oxygen atoms in total. The highest BCUT2D eigenvalue weighted by Gasteiger charge is 2.13. The van der Waals surface area contributed by atoms with Crippen molar-refractivity contribution < 1.29 is 22.7 Å². The lowest BCUT2D eigenvalue weighted by atomic mass is 10.1. The normalized spacial score (nSPS) is 11.0. The second kappa shape index (κ2) is 10.8. The Morgan fingerprint density at radius 3 is 2.24 bits per heavy atom. The maximum Gasteiger partial charge on any atom is 0.256 e. The van der Waals surface area contributed by atoms with Gasteiger partial charge in [0.05, 0.1) is 11.5 Å². The Hall–Kier alpha value is -3.65. The largest absolute Gasteiger partial charge is 0.494 e. The van der Waals surface area contributed by atoms with Crippen LogP contribution in [-0.4, -0.2) is 33.1 Å². The highest BCUT2D eigenvalue weighted by Crippen LogP contribution is 2.21. The molecule has 2 amide bonds. The predicted molar refractivity (Wildman–Crippen MR) is 128 cm³/mol. The van der Waals surface area contributed by atoms with Gasteiger partial charge in [-0.1, -0.05) is 24.3 Å². The van der Waals surface area contributed by atoms with Crippen molar-refractivity contribution in [2.45, 2.75) is 24.7 Å². The van der Waals surface area contributed by atoms with E-state index in [9.17, 15) is 18.0 Å². The molecule has 3 aromatic carbocycles. The van der Waals surface area contributed by atoms with Crippen LogP contribution in [0.5, 0.6) is 5.75 Å². The average molecular weight is 467 g/mol. The molecule has 0 saturated heterocycles. The molecule has 0 heterocycles. The Labute approximate surface area is 193 Å². The monoisotopic (exact) mass is 466 g/mol. The van der Waals surface area contributed by atoms with Gasteiger partial charge in [-0.15, -0.1) is 0 Å². The first-order valence-corrected chi connectivity index (χ1v) is 12.3. The first kappa shape index (κ1) is 24.0. The van der Waals surface area contributed by atoms with E-state index in [4.69, 9.17) is 4.74 Å². The Bertz CT molecular complexity index is 1220. The van der Waals surface area contributed by atoms with Crippen LogP contribution in [0.2, 0.25) is 0 Å². The second-order valence-electron chi connectivity index (χ2n) is 7.54. The molecule has 0 atom stereocenters. The summed E-state index contributed by atoms with van der Waals surface area (Å²) in [6.45, 7) is 2.10. The van der Waals surface area contributed by atoms with E-state index in [2.05, 4.69) is 10.6 Å². The SMILES string of the molecule is Cc1c(NC(=O)CCCOc2ccc(S(C)(=O)=O)cc2)cccc1C(=O)Nc1ccccc1. The van der Waals surface area contributed by atoms with Crippen molar-refractivity contribution >= 4 is 33.0 Å². The molecule has 8 heteroatoms.